The Hall–Kier alpha value is -1.30. The van der Waals surface area contributed by atoms with Gasteiger partial charge in [0.2, 0.25) is 0 Å². The van der Waals surface area contributed by atoms with E-state index in [9.17, 15) is 9.59 Å². The molecule has 2 rings (SSSR count). The SMILES string of the molecule is O=C(Nc1cc(Br)c[nH]c1=O)c1cc(Cl)cc(Cl)c1. The minimum absolute atomic E-state index is 0.135. The quantitative estimate of drug-likeness (QED) is 0.856. The molecular formula is C12H7BrCl2N2O2. The van der Waals surface area contributed by atoms with Crippen LogP contribution in [0.1, 0.15) is 10.4 Å². The van der Waals surface area contributed by atoms with Gasteiger partial charge in [-0.25, -0.2) is 0 Å². The maximum absolute atomic E-state index is 12.0. The van der Waals surface area contributed by atoms with Gasteiger partial charge in [0.1, 0.15) is 5.69 Å². The molecule has 0 fully saturated rings. The van der Waals surface area contributed by atoms with Gasteiger partial charge in [-0.15, -0.1) is 0 Å². The van der Waals surface area contributed by atoms with Crippen LogP contribution >= 0.6 is 39.1 Å². The summed E-state index contributed by atoms with van der Waals surface area (Å²) in [5.74, 6) is -0.465. The van der Waals surface area contributed by atoms with E-state index in [0.29, 0.717) is 14.5 Å². The van der Waals surface area contributed by atoms with Gasteiger partial charge in [-0.05, 0) is 40.2 Å². The van der Waals surface area contributed by atoms with Crippen LogP contribution < -0.4 is 10.9 Å². The molecule has 1 heterocycles. The van der Waals surface area contributed by atoms with Gasteiger partial charge < -0.3 is 10.3 Å². The average molecular weight is 362 g/mol. The van der Waals surface area contributed by atoms with Crippen molar-refractivity contribution in [1.29, 1.82) is 0 Å². The fraction of sp³-hybridized carbons (Fsp3) is 0. The van der Waals surface area contributed by atoms with Crippen molar-refractivity contribution in [2.24, 2.45) is 0 Å². The number of carbonyl (C=O) groups is 1. The number of rotatable bonds is 2. The Morgan fingerprint density at radius 1 is 1.16 bits per heavy atom. The van der Waals surface area contributed by atoms with Gasteiger partial charge in [0.15, 0.2) is 0 Å². The summed E-state index contributed by atoms with van der Waals surface area (Å²) in [6.07, 6.45) is 1.48. The van der Waals surface area contributed by atoms with E-state index in [1.807, 2.05) is 0 Å². The molecule has 0 spiro atoms. The summed E-state index contributed by atoms with van der Waals surface area (Å²) in [4.78, 5) is 26.0. The molecule has 4 nitrogen and oxygen atoms in total. The topological polar surface area (TPSA) is 62.0 Å². The molecule has 0 aliphatic carbocycles. The summed E-state index contributed by atoms with van der Waals surface area (Å²) in [6, 6.07) is 5.96. The Balaban J connectivity index is 2.30. The van der Waals surface area contributed by atoms with Crippen LogP contribution in [0.25, 0.3) is 0 Å². The minimum Gasteiger partial charge on any atom is -0.326 e. The van der Waals surface area contributed by atoms with Crippen LogP contribution in [0.15, 0.2) is 39.7 Å². The minimum atomic E-state index is -0.465. The molecule has 2 aromatic rings. The van der Waals surface area contributed by atoms with E-state index in [1.165, 1.54) is 30.5 Å². The van der Waals surface area contributed by atoms with Crippen molar-refractivity contribution in [3.8, 4) is 0 Å². The van der Waals surface area contributed by atoms with Crippen LogP contribution in [0.5, 0.6) is 0 Å². The van der Waals surface area contributed by atoms with Crippen molar-refractivity contribution >= 4 is 50.7 Å². The number of anilines is 1. The molecule has 19 heavy (non-hydrogen) atoms. The first kappa shape index (κ1) is 14.1. The maximum Gasteiger partial charge on any atom is 0.271 e. The normalized spacial score (nSPS) is 10.3. The molecule has 0 bridgehead atoms. The van der Waals surface area contributed by atoms with Crippen molar-refractivity contribution in [3.05, 3.63) is 60.9 Å². The maximum atomic E-state index is 12.0. The van der Waals surface area contributed by atoms with Crippen LogP contribution in [-0.4, -0.2) is 10.9 Å². The number of aromatic nitrogens is 1. The number of halogens is 3. The van der Waals surface area contributed by atoms with Gasteiger partial charge in [-0.3, -0.25) is 9.59 Å². The van der Waals surface area contributed by atoms with E-state index < -0.39 is 11.5 Å². The van der Waals surface area contributed by atoms with Gasteiger partial charge >= 0.3 is 0 Å². The predicted octanol–water partition coefficient (Wildman–Crippen LogP) is 3.70. The first-order chi connectivity index (χ1) is 8.95. The molecule has 0 radical (unpaired) electrons. The van der Waals surface area contributed by atoms with Crippen molar-refractivity contribution < 1.29 is 4.79 Å². The highest BCUT2D eigenvalue weighted by Crippen LogP contribution is 2.20. The molecule has 1 amide bonds. The van der Waals surface area contributed by atoms with Crippen molar-refractivity contribution in [3.63, 3.8) is 0 Å². The molecule has 0 atom stereocenters. The number of pyridine rings is 1. The summed E-state index contributed by atoms with van der Waals surface area (Å²) in [5.41, 5.74) is 0.0111. The van der Waals surface area contributed by atoms with Crippen molar-refractivity contribution in [2.45, 2.75) is 0 Å². The highest BCUT2D eigenvalue weighted by atomic mass is 79.9. The summed E-state index contributed by atoms with van der Waals surface area (Å²) in [7, 11) is 0. The van der Waals surface area contributed by atoms with Gasteiger partial charge in [0.25, 0.3) is 11.5 Å². The van der Waals surface area contributed by atoms with E-state index >= 15 is 0 Å². The molecule has 2 N–H and O–H groups in total. The third kappa shape index (κ3) is 3.59. The van der Waals surface area contributed by atoms with Crippen LogP contribution in [0.3, 0.4) is 0 Å². The number of nitrogens with one attached hydrogen (secondary N) is 2. The molecule has 0 saturated carbocycles. The molecular weight excluding hydrogens is 355 g/mol. The average Bonchev–Trinajstić information content (AvgIpc) is 2.32. The largest absolute Gasteiger partial charge is 0.326 e. The first-order valence-electron chi connectivity index (χ1n) is 5.11. The summed E-state index contributed by atoms with van der Waals surface area (Å²) < 4.78 is 0.645. The molecule has 0 aliphatic rings. The van der Waals surface area contributed by atoms with Crippen LogP contribution in [0, 0.1) is 0 Å². The number of aromatic amines is 1. The Morgan fingerprint density at radius 2 is 1.79 bits per heavy atom. The van der Waals surface area contributed by atoms with E-state index in [1.54, 1.807) is 0 Å². The fourth-order valence-electron chi connectivity index (χ4n) is 1.43. The van der Waals surface area contributed by atoms with Gasteiger partial charge in [0, 0.05) is 26.3 Å². The van der Waals surface area contributed by atoms with Crippen LogP contribution in [0.4, 0.5) is 5.69 Å². The molecule has 0 unspecified atom stereocenters. The number of H-pyrrole nitrogens is 1. The van der Waals surface area contributed by atoms with Gasteiger partial charge in [0.05, 0.1) is 0 Å². The second kappa shape index (κ2) is 5.77. The third-order valence-electron chi connectivity index (χ3n) is 2.24. The summed E-state index contributed by atoms with van der Waals surface area (Å²) >= 11 is 14.8. The predicted molar refractivity (Wildman–Crippen MR) is 79.2 cm³/mol. The molecule has 0 saturated heterocycles. The van der Waals surface area contributed by atoms with Crippen molar-refractivity contribution in [2.75, 3.05) is 5.32 Å². The Morgan fingerprint density at radius 3 is 2.42 bits per heavy atom. The monoisotopic (exact) mass is 360 g/mol. The summed E-state index contributed by atoms with van der Waals surface area (Å²) in [5, 5.41) is 3.19. The van der Waals surface area contributed by atoms with Gasteiger partial charge in [-0.1, -0.05) is 23.2 Å². The smallest absolute Gasteiger partial charge is 0.271 e. The molecule has 1 aromatic heterocycles. The van der Waals surface area contributed by atoms with Crippen LogP contribution in [0.2, 0.25) is 10.0 Å². The lowest BCUT2D eigenvalue weighted by Gasteiger charge is -2.05. The van der Waals surface area contributed by atoms with E-state index in [0.717, 1.165) is 0 Å². The fourth-order valence-corrected chi connectivity index (χ4v) is 2.30. The number of amides is 1. The highest BCUT2D eigenvalue weighted by Gasteiger charge is 2.10. The number of benzene rings is 1. The molecule has 7 heteroatoms. The number of hydrogen-bond acceptors (Lipinski definition) is 2. The Labute approximate surface area is 126 Å². The van der Waals surface area contributed by atoms with Crippen LogP contribution in [-0.2, 0) is 0 Å². The molecule has 98 valence electrons. The Kier molecular flexibility index (Phi) is 4.29. The lowest BCUT2D eigenvalue weighted by molar-refractivity contribution is 0.102. The highest BCUT2D eigenvalue weighted by molar-refractivity contribution is 9.10. The van der Waals surface area contributed by atoms with E-state index in [2.05, 4.69) is 26.2 Å². The molecule has 1 aromatic carbocycles. The first-order valence-corrected chi connectivity index (χ1v) is 6.66. The molecule has 0 aliphatic heterocycles. The van der Waals surface area contributed by atoms with Gasteiger partial charge in [-0.2, -0.15) is 0 Å². The lowest BCUT2D eigenvalue weighted by Crippen LogP contribution is -2.19. The standard InChI is InChI=1S/C12H7BrCl2N2O2/c13-7-3-10(12(19)16-5-7)17-11(18)6-1-8(14)4-9(15)2-6/h1-5H,(H,16,19)(H,17,18). The zero-order valence-corrected chi connectivity index (χ0v) is 12.4. The third-order valence-corrected chi connectivity index (χ3v) is 3.14. The zero-order valence-electron chi connectivity index (χ0n) is 9.34. The van der Waals surface area contributed by atoms with E-state index in [-0.39, 0.29) is 11.3 Å². The van der Waals surface area contributed by atoms with E-state index in [4.69, 9.17) is 23.2 Å². The zero-order chi connectivity index (χ0) is 14.0. The second-order valence-corrected chi connectivity index (χ2v) is 5.46. The summed E-state index contributed by atoms with van der Waals surface area (Å²) in [6.45, 7) is 0. The lowest BCUT2D eigenvalue weighted by atomic mass is 10.2. The Bertz CT molecular complexity index is 680. The second-order valence-electron chi connectivity index (χ2n) is 3.67. The van der Waals surface area contributed by atoms with Crippen molar-refractivity contribution in [1.82, 2.24) is 4.98 Å². The number of carbonyl (C=O) groups excluding carboxylic acids is 1. The number of hydrogen-bond donors (Lipinski definition) is 2.